The highest BCUT2D eigenvalue weighted by molar-refractivity contribution is 9.10. The van der Waals surface area contributed by atoms with Crippen LogP contribution in [-0.4, -0.2) is 34.6 Å². The van der Waals surface area contributed by atoms with E-state index in [2.05, 4.69) is 20.9 Å². The largest absolute Gasteiger partial charge is 0.481 e. The number of rotatable bonds is 5. The molecule has 0 saturated carbocycles. The van der Waals surface area contributed by atoms with Crippen molar-refractivity contribution in [3.05, 3.63) is 28.5 Å². The number of pyridine rings is 1. The summed E-state index contributed by atoms with van der Waals surface area (Å²) in [6.45, 7) is 2.93. The smallest absolute Gasteiger partial charge is 0.307 e. The lowest BCUT2D eigenvalue weighted by atomic mass is 10.1. The van der Waals surface area contributed by atoms with Crippen molar-refractivity contribution in [3.63, 3.8) is 0 Å². The number of aliphatic carboxylic acids is 1. The lowest BCUT2D eigenvalue weighted by Crippen LogP contribution is -2.28. The molecule has 88 valence electrons. The van der Waals surface area contributed by atoms with Crippen molar-refractivity contribution in [2.75, 3.05) is 13.6 Å². The summed E-state index contributed by atoms with van der Waals surface area (Å²) in [6, 6.07) is 1.98. The fraction of sp³-hybridized carbons (Fsp3) is 0.455. The number of halogens is 1. The van der Waals surface area contributed by atoms with Crippen molar-refractivity contribution < 1.29 is 9.90 Å². The van der Waals surface area contributed by atoms with Gasteiger partial charge in [0.05, 0.1) is 5.92 Å². The topological polar surface area (TPSA) is 53.4 Å². The molecule has 0 aliphatic heterocycles. The van der Waals surface area contributed by atoms with E-state index in [-0.39, 0.29) is 5.92 Å². The first-order valence-electron chi connectivity index (χ1n) is 5.00. The van der Waals surface area contributed by atoms with Gasteiger partial charge in [-0.2, -0.15) is 0 Å². The second kappa shape index (κ2) is 5.96. The maximum Gasteiger partial charge on any atom is 0.307 e. The standard InChI is InChI=1S/C11H15BrN2O2/c1-8(11(15)16)6-14(2)7-9-3-10(12)5-13-4-9/h3-5,8H,6-7H2,1-2H3,(H,15,16). The molecule has 0 bridgehead atoms. The summed E-state index contributed by atoms with van der Waals surface area (Å²) < 4.78 is 0.935. The van der Waals surface area contributed by atoms with Crippen LogP contribution < -0.4 is 0 Å². The molecular weight excluding hydrogens is 272 g/mol. The molecule has 1 rings (SSSR count). The van der Waals surface area contributed by atoms with Crippen molar-refractivity contribution in [3.8, 4) is 0 Å². The second-order valence-electron chi connectivity index (χ2n) is 3.95. The van der Waals surface area contributed by atoms with Crippen LogP contribution in [0.25, 0.3) is 0 Å². The van der Waals surface area contributed by atoms with Crippen molar-refractivity contribution in [2.45, 2.75) is 13.5 Å². The van der Waals surface area contributed by atoms with E-state index in [4.69, 9.17) is 5.11 Å². The van der Waals surface area contributed by atoms with Crippen LogP contribution in [-0.2, 0) is 11.3 Å². The monoisotopic (exact) mass is 286 g/mol. The summed E-state index contributed by atoms with van der Waals surface area (Å²) in [5, 5.41) is 8.79. The van der Waals surface area contributed by atoms with Crippen LogP contribution in [0.2, 0.25) is 0 Å². The zero-order valence-electron chi connectivity index (χ0n) is 9.35. The average molecular weight is 287 g/mol. The summed E-state index contributed by atoms with van der Waals surface area (Å²) in [5.74, 6) is -1.12. The molecule has 1 aromatic heterocycles. The molecule has 0 saturated heterocycles. The first-order valence-corrected chi connectivity index (χ1v) is 5.79. The Morgan fingerprint density at radius 1 is 1.62 bits per heavy atom. The van der Waals surface area contributed by atoms with E-state index in [1.54, 1.807) is 19.3 Å². The molecule has 4 nitrogen and oxygen atoms in total. The van der Waals surface area contributed by atoms with Crippen LogP contribution in [0, 0.1) is 5.92 Å². The van der Waals surface area contributed by atoms with Gasteiger partial charge in [0.1, 0.15) is 0 Å². The maximum absolute atomic E-state index is 10.7. The molecule has 1 unspecified atom stereocenters. The van der Waals surface area contributed by atoms with Crippen LogP contribution in [0.1, 0.15) is 12.5 Å². The minimum absolute atomic E-state index is 0.356. The van der Waals surface area contributed by atoms with Gasteiger partial charge < -0.3 is 10.0 Å². The lowest BCUT2D eigenvalue weighted by Gasteiger charge is -2.18. The highest BCUT2D eigenvalue weighted by atomic mass is 79.9. The third-order valence-electron chi connectivity index (χ3n) is 2.22. The van der Waals surface area contributed by atoms with Gasteiger partial charge in [-0.1, -0.05) is 6.92 Å². The Morgan fingerprint density at radius 2 is 2.31 bits per heavy atom. The van der Waals surface area contributed by atoms with Gasteiger partial charge in [-0.05, 0) is 34.6 Å². The molecule has 0 aliphatic carbocycles. The van der Waals surface area contributed by atoms with Gasteiger partial charge in [-0.15, -0.1) is 0 Å². The van der Waals surface area contributed by atoms with E-state index in [0.717, 1.165) is 10.0 Å². The van der Waals surface area contributed by atoms with E-state index in [1.807, 2.05) is 18.0 Å². The zero-order valence-corrected chi connectivity index (χ0v) is 10.9. The molecule has 0 fully saturated rings. The Bertz CT molecular complexity index is 371. The first kappa shape index (κ1) is 13.1. The molecule has 0 amide bonds. The Morgan fingerprint density at radius 3 is 2.88 bits per heavy atom. The predicted molar refractivity (Wildman–Crippen MR) is 65.1 cm³/mol. The molecule has 1 atom stereocenters. The van der Waals surface area contributed by atoms with E-state index >= 15 is 0 Å². The van der Waals surface area contributed by atoms with E-state index in [9.17, 15) is 4.79 Å². The minimum Gasteiger partial charge on any atom is -0.481 e. The predicted octanol–water partition coefficient (Wildman–Crippen LogP) is 2.00. The SMILES string of the molecule is CC(CN(C)Cc1cncc(Br)c1)C(=O)O. The zero-order chi connectivity index (χ0) is 12.1. The van der Waals surface area contributed by atoms with Gasteiger partial charge >= 0.3 is 5.97 Å². The van der Waals surface area contributed by atoms with Crippen LogP contribution in [0.3, 0.4) is 0 Å². The van der Waals surface area contributed by atoms with Gasteiger partial charge in [0, 0.05) is 30.0 Å². The maximum atomic E-state index is 10.7. The van der Waals surface area contributed by atoms with Gasteiger partial charge in [0.15, 0.2) is 0 Å². The Balaban J connectivity index is 2.51. The minimum atomic E-state index is -0.765. The number of hydrogen-bond donors (Lipinski definition) is 1. The Hall–Kier alpha value is -0.940. The number of carboxylic acids is 1. The molecule has 0 aliphatic rings. The fourth-order valence-electron chi connectivity index (χ4n) is 1.46. The van der Waals surface area contributed by atoms with Crippen molar-refractivity contribution in [2.24, 2.45) is 5.92 Å². The van der Waals surface area contributed by atoms with E-state index in [0.29, 0.717) is 13.1 Å². The highest BCUT2D eigenvalue weighted by Gasteiger charge is 2.13. The van der Waals surface area contributed by atoms with Gasteiger partial charge in [0.2, 0.25) is 0 Å². The van der Waals surface area contributed by atoms with Crippen LogP contribution in [0.4, 0.5) is 0 Å². The summed E-state index contributed by atoms with van der Waals surface area (Å²) in [6.07, 6.45) is 3.51. The lowest BCUT2D eigenvalue weighted by molar-refractivity contribution is -0.141. The molecule has 0 aromatic carbocycles. The van der Waals surface area contributed by atoms with Crippen molar-refractivity contribution in [1.82, 2.24) is 9.88 Å². The fourth-order valence-corrected chi connectivity index (χ4v) is 1.88. The molecule has 16 heavy (non-hydrogen) atoms. The molecule has 5 heteroatoms. The van der Waals surface area contributed by atoms with Crippen LogP contribution in [0.15, 0.2) is 22.9 Å². The summed E-state index contributed by atoms with van der Waals surface area (Å²) in [7, 11) is 1.90. The van der Waals surface area contributed by atoms with Crippen LogP contribution >= 0.6 is 15.9 Å². The average Bonchev–Trinajstić information content (AvgIpc) is 2.16. The number of carbonyl (C=O) groups is 1. The molecule has 0 spiro atoms. The van der Waals surface area contributed by atoms with Crippen molar-refractivity contribution >= 4 is 21.9 Å². The van der Waals surface area contributed by atoms with Crippen LogP contribution in [0.5, 0.6) is 0 Å². The molecule has 0 radical (unpaired) electrons. The van der Waals surface area contributed by atoms with Gasteiger partial charge in [-0.3, -0.25) is 9.78 Å². The van der Waals surface area contributed by atoms with E-state index < -0.39 is 5.97 Å². The van der Waals surface area contributed by atoms with E-state index in [1.165, 1.54) is 0 Å². The normalized spacial score (nSPS) is 12.8. The van der Waals surface area contributed by atoms with Gasteiger partial charge in [0.25, 0.3) is 0 Å². The van der Waals surface area contributed by atoms with Gasteiger partial charge in [-0.25, -0.2) is 0 Å². The molecular formula is C11H15BrN2O2. The number of nitrogens with zero attached hydrogens (tertiary/aromatic N) is 2. The summed E-state index contributed by atoms with van der Waals surface area (Å²) in [5.41, 5.74) is 1.06. The Labute approximate surface area is 103 Å². The summed E-state index contributed by atoms with van der Waals surface area (Å²) in [4.78, 5) is 16.7. The highest BCUT2D eigenvalue weighted by Crippen LogP contribution is 2.11. The summed E-state index contributed by atoms with van der Waals surface area (Å²) >= 11 is 3.35. The Kier molecular flexibility index (Phi) is 4.89. The first-order chi connectivity index (χ1) is 7.49. The third-order valence-corrected chi connectivity index (χ3v) is 2.65. The number of aromatic nitrogens is 1. The molecule has 1 N–H and O–H groups in total. The third kappa shape index (κ3) is 4.28. The molecule has 1 heterocycles. The second-order valence-corrected chi connectivity index (χ2v) is 4.86. The molecule has 1 aromatic rings. The number of carboxylic acid groups (broad SMARTS) is 1. The quantitative estimate of drug-likeness (QED) is 0.900. The number of hydrogen-bond acceptors (Lipinski definition) is 3. The van der Waals surface area contributed by atoms with Crippen molar-refractivity contribution in [1.29, 1.82) is 0 Å².